The molecule has 0 bridgehead atoms. The van der Waals surface area contributed by atoms with Gasteiger partial charge in [-0.05, 0) is 6.07 Å². The molecule has 2 amide bonds. The fraction of sp³-hybridized carbons (Fsp3) is 0.467. The van der Waals surface area contributed by atoms with Crippen molar-refractivity contribution in [3.8, 4) is 6.07 Å². The Morgan fingerprint density at radius 2 is 2.22 bits per heavy atom. The molecule has 0 spiro atoms. The van der Waals surface area contributed by atoms with Gasteiger partial charge in [0.25, 0.3) is 0 Å². The average Bonchev–Trinajstić information content (AvgIpc) is 2.88. The lowest BCUT2D eigenvalue weighted by Crippen LogP contribution is -2.60. The van der Waals surface area contributed by atoms with Crippen molar-refractivity contribution in [1.29, 1.82) is 5.26 Å². The summed E-state index contributed by atoms with van der Waals surface area (Å²) < 4.78 is 0. The number of aromatic nitrogens is 1. The molecule has 0 aliphatic carbocycles. The summed E-state index contributed by atoms with van der Waals surface area (Å²) >= 11 is 6.18. The minimum Gasteiger partial charge on any atom is -0.359 e. The number of nitrogens with zero attached hydrogens (tertiary/aromatic N) is 4. The Hall–Kier alpha value is -2.33. The number of likely N-dealkylation sites (tertiary alicyclic amines) is 1. The largest absolute Gasteiger partial charge is 0.359 e. The molecule has 2 aliphatic rings. The number of amides is 2. The number of hydrogen-bond acceptors (Lipinski definition) is 5. The van der Waals surface area contributed by atoms with Gasteiger partial charge in [0.15, 0.2) is 0 Å². The zero-order valence-corrected chi connectivity index (χ0v) is 13.4. The molecule has 120 valence electrons. The first-order chi connectivity index (χ1) is 11.0. The summed E-state index contributed by atoms with van der Waals surface area (Å²) in [6.45, 7) is 1.66. The molecule has 2 fully saturated rings. The molecular weight excluding hydrogens is 318 g/mol. The average molecular weight is 334 g/mol. The predicted molar refractivity (Wildman–Crippen MR) is 83.8 cm³/mol. The van der Waals surface area contributed by atoms with E-state index in [4.69, 9.17) is 16.9 Å². The monoisotopic (exact) mass is 333 g/mol. The van der Waals surface area contributed by atoms with Crippen molar-refractivity contribution in [1.82, 2.24) is 15.2 Å². The van der Waals surface area contributed by atoms with Crippen molar-refractivity contribution in [3.63, 3.8) is 0 Å². The van der Waals surface area contributed by atoms with Gasteiger partial charge in [-0.3, -0.25) is 9.59 Å². The van der Waals surface area contributed by atoms with Crippen LogP contribution in [0.5, 0.6) is 0 Å². The van der Waals surface area contributed by atoms with E-state index in [1.54, 1.807) is 24.2 Å². The number of halogens is 1. The number of anilines is 1. The third kappa shape index (κ3) is 2.70. The third-order valence-electron chi connectivity index (χ3n) is 4.37. The minimum atomic E-state index is -0.273. The first-order valence-corrected chi connectivity index (χ1v) is 7.73. The second-order valence-electron chi connectivity index (χ2n) is 5.73. The Bertz CT molecular complexity index is 696. The van der Waals surface area contributed by atoms with Gasteiger partial charge in [0.1, 0.15) is 16.9 Å². The highest BCUT2D eigenvalue weighted by molar-refractivity contribution is 6.34. The lowest BCUT2D eigenvalue weighted by atomic mass is 10.1. The van der Waals surface area contributed by atoms with Crippen LogP contribution in [0, 0.1) is 17.2 Å². The molecule has 3 rings (SSSR count). The molecule has 8 heteroatoms. The quantitative estimate of drug-likeness (QED) is 0.864. The maximum absolute atomic E-state index is 12.1. The van der Waals surface area contributed by atoms with Crippen LogP contribution in [0.25, 0.3) is 0 Å². The fourth-order valence-corrected chi connectivity index (χ4v) is 3.30. The van der Waals surface area contributed by atoms with Crippen LogP contribution in [0.3, 0.4) is 0 Å². The normalized spacial score (nSPS) is 21.1. The fourth-order valence-electron chi connectivity index (χ4n) is 3.03. The maximum Gasteiger partial charge on any atom is 0.225 e. The zero-order valence-electron chi connectivity index (χ0n) is 12.6. The standard InChI is InChI=1S/C15H16ClN5O2/c1-18-15(23)10-4-12(22)21(6-10)11-7-20(8-11)14-13(16)9(5-17)2-3-19-14/h2-3,10-11H,4,6-8H2,1H3,(H,18,23). The van der Waals surface area contributed by atoms with E-state index in [0.717, 1.165) is 0 Å². The molecule has 2 aliphatic heterocycles. The Morgan fingerprint density at radius 3 is 2.87 bits per heavy atom. The number of rotatable bonds is 3. The molecule has 3 heterocycles. The van der Waals surface area contributed by atoms with Crippen molar-refractivity contribution in [2.75, 3.05) is 31.6 Å². The molecule has 1 aromatic rings. The predicted octanol–water partition coefficient (Wildman–Crippen LogP) is 0.390. The molecule has 7 nitrogen and oxygen atoms in total. The highest BCUT2D eigenvalue weighted by atomic mass is 35.5. The van der Waals surface area contributed by atoms with E-state index in [1.807, 2.05) is 11.0 Å². The van der Waals surface area contributed by atoms with Crippen LogP contribution in [-0.4, -0.2) is 54.4 Å². The van der Waals surface area contributed by atoms with Gasteiger partial charge in [0.05, 0.1) is 17.5 Å². The first-order valence-electron chi connectivity index (χ1n) is 7.35. The second kappa shape index (κ2) is 6.05. The van der Waals surface area contributed by atoms with E-state index >= 15 is 0 Å². The van der Waals surface area contributed by atoms with Gasteiger partial charge >= 0.3 is 0 Å². The van der Waals surface area contributed by atoms with Gasteiger partial charge in [-0.25, -0.2) is 4.98 Å². The lowest BCUT2D eigenvalue weighted by molar-refractivity contribution is -0.130. The topological polar surface area (TPSA) is 89.3 Å². The Kier molecular flexibility index (Phi) is 4.09. The smallest absolute Gasteiger partial charge is 0.225 e. The van der Waals surface area contributed by atoms with E-state index in [1.165, 1.54) is 0 Å². The summed E-state index contributed by atoms with van der Waals surface area (Å²) in [5.41, 5.74) is 0.386. The summed E-state index contributed by atoms with van der Waals surface area (Å²) in [6.07, 6.45) is 1.81. The molecule has 2 saturated heterocycles. The number of nitriles is 1. The van der Waals surface area contributed by atoms with Crippen molar-refractivity contribution in [2.45, 2.75) is 12.5 Å². The van der Waals surface area contributed by atoms with Crippen LogP contribution < -0.4 is 10.2 Å². The highest BCUT2D eigenvalue weighted by Crippen LogP contribution is 2.32. The van der Waals surface area contributed by atoms with Crippen LogP contribution in [-0.2, 0) is 9.59 Å². The summed E-state index contributed by atoms with van der Waals surface area (Å²) in [6, 6.07) is 3.66. The Morgan fingerprint density at radius 1 is 1.48 bits per heavy atom. The van der Waals surface area contributed by atoms with E-state index in [2.05, 4.69) is 10.3 Å². The summed E-state index contributed by atoms with van der Waals surface area (Å²) in [5.74, 6) is 0.207. The molecule has 0 radical (unpaired) electrons. The maximum atomic E-state index is 12.1. The summed E-state index contributed by atoms with van der Waals surface area (Å²) in [4.78, 5) is 31.7. The molecule has 0 aromatic carbocycles. The second-order valence-corrected chi connectivity index (χ2v) is 6.11. The lowest BCUT2D eigenvalue weighted by Gasteiger charge is -2.45. The number of pyridine rings is 1. The van der Waals surface area contributed by atoms with E-state index < -0.39 is 0 Å². The minimum absolute atomic E-state index is 0.00748. The van der Waals surface area contributed by atoms with E-state index in [0.29, 0.717) is 36.0 Å². The molecule has 1 unspecified atom stereocenters. The summed E-state index contributed by atoms with van der Waals surface area (Å²) in [7, 11) is 1.58. The van der Waals surface area contributed by atoms with Crippen LogP contribution >= 0.6 is 11.6 Å². The first kappa shape index (κ1) is 15.6. The van der Waals surface area contributed by atoms with Crippen molar-refractivity contribution in [2.24, 2.45) is 5.92 Å². The van der Waals surface area contributed by atoms with Crippen LogP contribution in [0.15, 0.2) is 12.3 Å². The number of nitrogens with one attached hydrogen (secondary N) is 1. The molecule has 0 saturated carbocycles. The van der Waals surface area contributed by atoms with Crippen molar-refractivity contribution >= 4 is 29.2 Å². The molecular formula is C15H16ClN5O2. The molecule has 1 atom stereocenters. The van der Waals surface area contributed by atoms with Gasteiger partial charge < -0.3 is 15.1 Å². The van der Waals surface area contributed by atoms with Crippen LogP contribution in [0.4, 0.5) is 5.82 Å². The number of carbonyl (C=O) groups is 2. The highest BCUT2D eigenvalue weighted by Gasteiger charge is 2.42. The van der Waals surface area contributed by atoms with Crippen molar-refractivity contribution < 1.29 is 9.59 Å². The number of carbonyl (C=O) groups excluding carboxylic acids is 2. The summed E-state index contributed by atoms with van der Waals surface area (Å²) in [5, 5.41) is 11.9. The Balaban J connectivity index is 1.65. The molecule has 1 aromatic heterocycles. The van der Waals surface area contributed by atoms with Gasteiger partial charge in [-0.15, -0.1) is 0 Å². The molecule has 23 heavy (non-hydrogen) atoms. The Labute approximate surface area is 138 Å². The molecule has 1 N–H and O–H groups in total. The van der Waals surface area contributed by atoms with Crippen molar-refractivity contribution in [3.05, 3.63) is 22.8 Å². The van der Waals surface area contributed by atoms with Gasteiger partial charge in [-0.2, -0.15) is 5.26 Å². The van der Waals surface area contributed by atoms with Gasteiger partial charge in [0.2, 0.25) is 11.8 Å². The van der Waals surface area contributed by atoms with E-state index in [-0.39, 0.29) is 30.2 Å². The third-order valence-corrected chi connectivity index (χ3v) is 4.74. The van der Waals surface area contributed by atoms with Crippen LogP contribution in [0.1, 0.15) is 12.0 Å². The SMILES string of the molecule is CNC(=O)C1CC(=O)N(C2CN(c3nccc(C#N)c3Cl)C2)C1. The zero-order chi connectivity index (χ0) is 16.6. The van der Waals surface area contributed by atoms with E-state index in [9.17, 15) is 9.59 Å². The van der Waals surface area contributed by atoms with Crippen LogP contribution in [0.2, 0.25) is 5.02 Å². The number of hydrogen-bond donors (Lipinski definition) is 1. The van der Waals surface area contributed by atoms with Gasteiger partial charge in [0, 0.05) is 39.3 Å². The van der Waals surface area contributed by atoms with Gasteiger partial charge in [-0.1, -0.05) is 11.6 Å².